The third-order valence-electron chi connectivity index (χ3n) is 3.43. The fourth-order valence-corrected chi connectivity index (χ4v) is 2.28. The molecule has 1 unspecified atom stereocenters. The van der Waals surface area contributed by atoms with Crippen LogP contribution < -0.4 is 0 Å². The molecule has 0 aliphatic heterocycles. The highest BCUT2D eigenvalue weighted by molar-refractivity contribution is 5.95. The second-order valence-corrected chi connectivity index (χ2v) is 5.03. The van der Waals surface area contributed by atoms with Crippen LogP contribution in [0.2, 0.25) is 0 Å². The molecular formula is C21H20O3. The third kappa shape index (κ3) is 4.84. The molecule has 0 spiro atoms. The Morgan fingerprint density at radius 2 is 1.71 bits per heavy atom. The van der Waals surface area contributed by atoms with Crippen molar-refractivity contribution < 1.29 is 14.3 Å². The average molecular weight is 320 g/mol. The van der Waals surface area contributed by atoms with Crippen molar-refractivity contribution in [2.45, 2.75) is 13.0 Å². The van der Waals surface area contributed by atoms with Gasteiger partial charge in [-0.15, -0.1) is 5.92 Å². The molecule has 0 saturated carbocycles. The van der Waals surface area contributed by atoms with E-state index in [9.17, 15) is 4.79 Å². The van der Waals surface area contributed by atoms with Crippen molar-refractivity contribution in [1.29, 1.82) is 0 Å². The van der Waals surface area contributed by atoms with Crippen molar-refractivity contribution in [3.05, 3.63) is 77.4 Å². The van der Waals surface area contributed by atoms with Crippen LogP contribution in [0, 0.1) is 11.8 Å². The van der Waals surface area contributed by atoms with Crippen LogP contribution in [-0.4, -0.2) is 19.7 Å². The lowest BCUT2D eigenvalue weighted by molar-refractivity contribution is -0.137. The molecule has 1 atom stereocenters. The van der Waals surface area contributed by atoms with Gasteiger partial charge in [0.15, 0.2) is 0 Å². The number of methoxy groups -OCH3 is 1. The lowest BCUT2D eigenvalue weighted by Gasteiger charge is -2.19. The molecule has 0 amide bonds. The van der Waals surface area contributed by atoms with E-state index in [1.165, 1.54) is 7.11 Å². The number of benzene rings is 2. The summed E-state index contributed by atoms with van der Waals surface area (Å²) in [7, 11) is 1.37. The molecular weight excluding hydrogens is 300 g/mol. The molecule has 0 heterocycles. The van der Waals surface area contributed by atoms with Gasteiger partial charge in [-0.25, -0.2) is 4.79 Å². The minimum absolute atomic E-state index is 0.235. The van der Waals surface area contributed by atoms with Gasteiger partial charge in [-0.2, -0.15) is 0 Å². The largest absolute Gasteiger partial charge is 0.466 e. The fourth-order valence-electron chi connectivity index (χ4n) is 2.28. The van der Waals surface area contributed by atoms with E-state index in [2.05, 4.69) is 11.8 Å². The molecule has 2 aromatic rings. The van der Waals surface area contributed by atoms with Gasteiger partial charge in [0.05, 0.1) is 12.7 Å². The first-order valence-corrected chi connectivity index (χ1v) is 7.67. The summed E-state index contributed by atoms with van der Waals surface area (Å²) in [5.74, 6) is 5.25. The van der Waals surface area contributed by atoms with Crippen LogP contribution in [0.4, 0.5) is 0 Å². The normalized spacial score (nSPS) is 12.0. The lowest BCUT2D eigenvalue weighted by atomic mass is 9.99. The maximum absolute atomic E-state index is 12.4. The van der Waals surface area contributed by atoms with Crippen LogP contribution in [0.1, 0.15) is 24.2 Å². The molecule has 3 heteroatoms. The van der Waals surface area contributed by atoms with E-state index >= 15 is 0 Å². The van der Waals surface area contributed by atoms with E-state index in [0.29, 0.717) is 5.57 Å². The molecule has 0 radical (unpaired) electrons. The zero-order valence-electron chi connectivity index (χ0n) is 13.9. The molecule has 122 valence electrons. The molecule has 0 N–H and O–H groups in total. The minimum Gasteiger partial charge on any atom is -0.466 e. The number of hydrogen-bond acceptors (Lipinski definition) is 3. The Morgan fingerprint density at radius 1 is 1.08 bits per heavy atom. The summed E-state index contributed by atoms with van der Waals surface area (Å²) < 4.78 is 10.9. The maximum atomic E-state index is 12.4. The third-order valence-corrected chi connectivity index (χ3v) is 3.43. The summed E-state index contributed by atoms with van der Waals surface area (Å²) >= 11 is 0. The Kier molecular flexibility index (Phi) is 6.82. The van der Waals surface area contributed by atoms with Crippen LogP contribution in [-0.2, 0) is 14.3 Å². The van der Waals surface area contributed by atoms with E-state index in [1.807, 2.05) is 60.7 Å². The van der Waals surface area contributed by atoms with Crippen LogP contribution >= 0.6 is 0 Å². The SMILES string of the molecule is CC#CCOC(/C(=C/c1ccccc1)C(=O)OC)c1ccccc1. The smallest absolute Gasteiger partial charge is 0.336 e. The number of esters is 1. The van der Waals surface area contributed by atoms with Gasteiger partial charge in [-0.3, -0.25) is 0 Å². The minimum atomic E-state index is -0.542. The van der Waals surface area contributed by atoms with Crippen molar-refractivity contribution in [3.63, 3.8) is 0 Å². The van der Waals surface area contributed by atoms with Crippen LogP contribution in [0.3, 0.4) is 0 Å². The molecule has 0 saturated heterocycles. The van der Waals surface area contributed by atoms with E-state index in [-0.39, 0.29) is 6.61 Å². The Bertz CT molecular complexity index is 737. The molecule has 2 rings (SSSR count). The van der Waals surface area contributed by atoms with Gasteiger partial charge in [-0.05, 0) is 24.1 Å². The first kappa shape index (κ1) is 17.5. The Morgan fingerprint density at radius 3 is 2.29 bits per heavy atom. The molecule has 3 nitrogen and oxygen atoms in total. The van der Waals surface area contributed by atoms with E-state index in [0.717, 1.165) is 11.1 Å². The topological polar surface area (TPSA) is 35.5 Å². The van der Waals surface area contributed by atoms with Crippen molar-refractivity contribution in [1.82, 2.24) is 0 Å². The van der Waals surface area contributed by atoms with Gasteiger partial charge < -0.3 is 9.47 Å². The number of rotatable bonds is 6. The molecule has 0 fully saturated rings. The highest BCUT2D eigenvalue weighted by Gasteiger charge is 2.24. The van der Waals surface area contributed by atoms with E-state index < -0.39 is 12.1 Å². The van der Waals surface area contributed by atoms with Crippen molar-refractivity contribution in [3.8, 4) is 11.8 Å². The van der Waals surface area contributed by atoms with E-state index in [4.69, 9.17) is 9.47 Å². The number of carbonyl (C=O) groups excluding carboxylic acids is 1. The zero-order chi connectivity index (χ0) is 17.2. The van der Waals surface area contributed by atoms with Gasteiger partial charge in [-0.1, -0.05) is 66.6 Å². The van der Waals surface area contributed by atoms with Crippen LogP contribution in [0.15, 0.2) is 66.2 Å². The number of ether oxygens (including phenoxy) is 2. The molecule has 24 heavy (non-hydrogen) atoms. The number of hydrogen-bond donors (Lipinski definition) is 0. The standard InChI is InChI=1S/C21H20O3/c1-3-4-15-24-20(18-13-9-6-10-14-18)19(21(22)23-2)16-17-11-7-5-8-12-17/h5-14,16,20H,15H2,1-2H3/b19-16-. The van der Waals surface area contributed by atoms with Crippen LogP contribution in [0.5, 0.6) is 0 Å². The van der Waals surface area contributed by atoms with Crippen molar-refractivity contribution in [2.75, 3.05) is 13.7 Å². The molecule has 0 aliphatic rings. The van der Waals surface area contributed by atoms with Crippen molar-refractivity contribution in [2.24, 2.45) is 0 Å². The lowest BCUT2D eigenvalue weighted by Crippen LogP contribution is -2.16. The Hall–Kier alpha value is -2.83. The number of carbonyl (C=O) groups is 1. The highest BCUT2D eigenvalue weighted by atomic mass is 16.5. The first-order chi connectivity index (χ1) is 11.8. The fraction of sp³-hybridized carbons (Fsp3) is 0.190. The Balaban J connectivity index is 2.45. The molecule has 0 aromatic heterocycles. The molecule has 0 bridgehead atoms. The average Bonchev–Trinajstić information content (AvgIpc) is 2.65. The first-order valence-electron chi connectivity index (χ1n) is 7.67. The van der Waals surface area contributed by atoms with Gasteiger partial charge in [0, 0.05) is 0 Å². The highest BCUT2D eigenvalue weighted by Crippen LogP contribution is 2.28. The predicted molar refractivity (Wildman–Crippen MR) is 95.0 cm³/mol. The van der Waals surface area contributed by atoms with Gasteiger partial charge >= 0.3 is 5.97 Å². The quantitative estimate of drug-likeness (QED) is 0.458. The summed E-state index contributed by atoms with van der Waals surface area (Å²) in [6.07, 6.45) is 1.25. The van der Waals surface area contributed by atoms with Gasteiger partial charge in [0.2, 0.25) is 0 Å². The van der Waals surface area contributed by atoms with Gasteiger partial charge in [0.25, 0.3) is 0 Å². The Labute approximate surface area is 142 Å². The zero-order valence-corrected chi connectivity index (χ0v) is 13.9. The monoisotopic (exact) mass is 320 g/mol. The maximum Gasteiger partial charge on any atom is 0.336 e. The molecule has 2 aromatic carbocycles. The van der Waals surface area contributed by atoms with Gasteiger partial charge in [0.1, 0.15) is 12.7 Å². The van der Waals surface area contributed by atoms with Crippen LogP contribution in [0.25, 0.3) is 6.08 Å². The summed E-state index contributed by atoms with van der Waals surface area (Å²) in [4.78, 5) is 12.4. The second-order valence-electron chi connectivity index (χ2n) is 5.03. The summed E-state index contributed by atoms with van der Waals surface area (Å²) in [6.45, 7) is 1.99. The summed E-state index contributed by atoms with van der Waals surface area (Å²) in [6, 6.07) is 19.2. The van der Waals surface area contributed by atoms with E-state index in [1.54, 1.807) is 13.0 Å². The summed E-state index contributed by atoms with van der Waals surface area (Å²) in [5, 5.41) is 0. The predicted octanol–water partition coefficient (Wildman–Crippen LogP) is 4.02. The van der Waals surface area contributed by atoms with Crippen molar-refractivity contribution >= 4 is 12.0 Å². The summed E-state index contributed by atoms with van der Waals surface area (Å²) in [5.41, 5.74) is 2.22. The second kappa shape index (κ2) is 9.34. The molecule has 0 aliphatic carbocycles.